The smallest absolute Gasteiger partial charge is 0.295 e. The highest BCUT2D eigenvalue weighted by molar-refractivity contribution is 5.86. The molecule has 0 atom stereocenters. The number of benzene rings is 2. The third-order valence-electron chi connectivity index (χ3n) is 4.34. The summed E-state index contributed by atoms with van der Waals surface area (Å²) in [7, 11) is 4.53. The predicted molar refractivity (Wildman–Crippen MR) is 104 cm³/mol. The first-order chi connectivity index (χ1) is 14.0. The number of nitrogens with one attached hydrogen (secondary N) is 1. The number of para-hydroxylation sites is 1. The molecule has 3 rings (SSSR count). The Bertz CT molecular complexity index is 1040. The average Bonchev–Trinajstić information content (AvgIpc) is 3.13. The summed E-state index contributed by atoms with van der Waals surface area (Å²) in [6.45, 7) is 0.107. The number of imidazole rings is 1. The summed E-state index contributed by atoms with van der Waals surface area (Å²) >= 11 is 0. The number of hydrogen-bond donors (Lipinski definition) is 1. The number of ether oxygens (including phenoxy) is 3. The number of amides is 1. The first-order valence-electron chi connectivity index (χ1n) is 8.62. The second-order valence-corrected chi connectivity index (χ2v) is 6.08. The lowest BCUT2D eigenvalue weighted by Gasteiger charge is -2.14. The highest BCUT2D eigenvalue weighted by atomic mass is 16.6. The van der Waals surface area contributed by atoms with E-state index in [0.717, 1.165) is 5.56 Å². The molecule has 2 aromatic carbocycles. The van der Waals surface area contributed by atoms with Crippen molar-refractivity contribution >= 4 is 22.6 Å². The number of carbonyl (C=O) groups is 1. The fourth-order valence-corrected chi connectivity index (χ4v) is 3.02. The van der Waals surface area contributed by atoms with Crippen LogP contribution in [0.4, 0.5) is 5.69 Å². The van der Waals surface area contributed by atoms with Crippen LogP contribution in [0, 0.1) is 10.1 Å². The van der Waals surface area contributed by atoms with Crippen LogP contribution >= 0.6 is 0 Å². The highest BCUT2D eigenvalue weighted by Gasteiger charge is 2.18. The minimum atomic E-state index is -0.492. The van der Waals surface area contributed by atoms with Gasteiger partial charge in [0.2, 0.25) is 11.7 Å². The fourth-order valence-electron chi connectivity index (χ4n) is 3.02. The fraction of sp³-hybridized carbons (Fsp3) is 0.263. The van der Waals surface area contributed by atoms with Crippen LogP contribution in [0.3, 0.4) is 0 Å². The third-order valence-corrected chi connectivity index (χ3v) is 4.34. The summed E-state index contributed by atoms with van der Waals surface area (Å²) in [6.07, 6.45) is 1.41. The van der Waals surface area contributed by atoms with E-state index in [4.69, 9.17) is 14.2 Å². The average molecular weight is 400 g/mol. The van der Waals surface area contributed by atoms with Gasteiger partial charge in [0.25, 0.3) is 5.69 Å². The van der Waals surface area contributed by atoms with Gasteiger partial charge in [-0.3, -0.25) is 14.9 Å². The quantitative estimate of drug-likeness (QED) is 0.455. The Kier molecular flexibility index (Phi) is 5.82. The first-order valence-corrected chi connectivity index (χ1v) is 8.62. The Hall–Kier alpha value is -3.82. The van der Waals surface area contributed by atoms with Gasteiger partial charge in [-0.05, 0) is 23.8 Å². The van der Waals surface area contributed by atoms with E-state index in [1.165, 1.54) is 38.3 Å². The maximum Gasteiger partial charge on any atom is 0.295 e. The van der Waals surface area contributed by atoms with E-state index in [2.05, 4.69) is 10.3 Å². The topological polar surface area (TPSA) is 118 Å². The van der Waals surface area contributed by atoms with Crippen molar-refractivity contribution in [1.82, 2.24) is 14.9 Å². The summed E-state index contributed by atoms with van der Waals surface area (Å²) in [4.78, 5) is 27.3. The van der Waals surface area contributed by atoms with Gasteiger partial charge in [0.1, 0.15) is 12.1 Å². The molecule has 3 aromatic rings. The molecule has 0 unspecified atom stereocenters. The van der Waals surface area contributed by atoms with Crippen molar-refractivity contribution in [2.24, 2.45) is 0 Å². The number of rotatable bonds is 8. The van der Waals surface area contributed by atoms with E-state index in [-0.39, 0.29) is 24.7 Å². The molecule has 0 aliphatic rings. The van der Waals surface area contributed by atoms with Crippen molar-refractivity contribution < 1.29 is 23.9 Å². The maximum atomic E-state index is 12.4. The number of hydrogen-bond acceptors (Lipinski definition) is 7. The molecule has 1 heterocycles. The normalized spacial score (nSPS) is 10.6. The molecule has 1 aromatic heterocycles. The number of methoxy groups -OCH3 is 3. The molecule has 10 nitrogen and oxygen atoms in total. The summed E-state index contributed by atoms with van der Waals surface area (Å²) in [5, 5.41) is 14.0. The Morgan fingerprint density at radius 2 is 1.86 bits per heavy atom. The SMILES string of the molecule is COc1cc(CNC(=O)Cn2cnc3cccc([N+](=O)[O-])c32)cc(OC)c1OC. The number of aromatic nitrogens is 2. The molecule has 0 spiro atoms. The van der Waals surface area contributed by atoms with Crippen LogP contribution in [0.1, 0.15) is 5.56 Å². The zero-order valence-corrected chi connectivity index (χ0v) is 16.2. The van der Waals surface area contributed by atoms with Gasteiger partial charge in [0.05, 0.1) is 38.1 Å². The largest absolute Gasteiger partial charge is 0.493 e. The highest BCUT2D eigenvalue weighted by Crippen LogP contribution is 2.38. The Morgan fingerprint density at radius 1 is 1.17 bits per heavy atom. The molecule has 0 saturated carbocycles. The summed E-state index contributed by atoms with van der Waals surface area (Å²) in [5.74, 6) is 1.10. The van der Waals surface area contributed by atoms with Crippen molar-refractivity contribution in [2.75, 3.05) is 21.3 Å². The van der Waals surface area contributed by atoms with Crippen molar-refractivity contribution in [1.29, 1.82) is 0 Å². The van der Waals surface area contributed by atoms with E-state index < -0.39 is 4.92 Å². The number of nitro groups is 1. The zero-order chi connectivity index (χ0) is 21.0. The number of non-ortho nitro benzene ring substituents is 1. The molecule has 10 heteroatoms. The Morgan fingerprint density at radius 3 is 2.45 bits per heavy atom. The number of fused-ring (bicyclic) bond motifs is 1. The Labute approximate surface area is 166 Å². The van der Waals surface area contributed by atoms with E-state index in [1.54, 1.807) is 24.3 Å². The Balaban J connectivity index is 1.76. The molecule has 0 bridgehead atoms. The van der Waals surface area contributed by atoms with Crippen molar-refractivity contribution in [2.45, 2.75) is 13.1 Å². The van der Waals surface area contributed by atoms with Gasteiger partial charge >= 0.3 is 0 Å². The van der Waals surface area contributed by atoms with Gasteiger partial charge in [-0.15, -0.1) is 0 Å². The van der Waals surface area contributed by atoms with Gasteiger partial charge in [0, 0.05) is 12.6 Å². The monoisotopic (exact) mass is 400 g/mol. The standard InChI is InChI=1S/C19H20N4O6/c1-27-15-7-12(8-16(28-2)19(15)29-3)9-20-17(24)10-22-11-21-13-5-4-6-14(18(13)22)23(25)26/h4-8,11H,9-10H2,1-3H3,(H,20,24). The second-order valence-electron chi connectivity index (χ2n) is 6.08. The zero-order valence-electron chi connectivity index (χ0n) is 16.2. The van der Waals surface area contributed by atoms with Crippen molar-refractivity contribution in [3.05, 3.63) is 52.3 Å². The predicted octanol–water partition coefficient (Wildman–Crippen LogP) is 2.29. The van der Waals surface area contributed by atoms with Crippen LogP contribution in [0.25, 0.3) is 11.0 Å². The van der Waals surface area contributed by atoms with E-state index in [9.17, 15) is 14.9 Å². The molecule has 29 heavy (non-hydrogen) atoms. The lowest BCUT2D eigenvalue weighted by molar-refractivity contribution is -0.383. The van der Waals surface area contributed by atoms with Crippen LogP contribution in [0.5, 0.6) is 17.2 Å². The van der Waals surface area contributed by atoms with Crippen LogP contribution in [0.2, 0.25) is 0 Å². The van der Waals surface area contributed by atoms with E-state index >= 15 is 0 Å². The van der Waals surface area contributed by atoms with Crippen LogP contribution in [-0.2, 0) is 17.9 Å². The number of nitrogens with zero attached hydrogens (tertiary/aromatic N) is 3. The summed E-state index contributed by atoms with van der Waals surface area (Å²) in [5.41, 5.74) is 1.41. The number of nitro benzene ring substituents is 1. The van der Waals surface area contributed by atoms with Gasteiger partial charge < -0.3 is 24.1 Å². The molecule has 0 radical (unpaired) electrons. The molecule has 1 N–H and O–H groups in total. The molecule has 0 fully saturated rings. The molecule has 152 valence electrons. The van der Waals surface area contributed by atoms with Gasteiger partial charge in [-0.2, -0.15) is 0 Å². The molecule has 1 amide bonds. The van der Waals surface area contributed by atoms with Crippen molar-refractivity contribution in [3.8, 4) is 17.2 Å². The van der Waals surface area contributed by atoms with Crippen LogP contribution in [-0.4, -0.2) is 41.7 Å². The minimum absolute atomic E-state index is 0.0996. The van der Waals surface area contributed by atoms with Gasteiger partial charge in [-0.25, -0.2) is 4.98 Å². The van der Waals surface area contributed by atoms with Crippen molar-refractivity contribution in [3.63, 3.8) is 0 Å². The minimum Gasteiger partial charge on any atom is -0.493 e. The lowest BCUT2D eigenvalue weighted by atomic mass is 10.1. The third kappa shape index (κ3) is 4.05. The maximum absolute atomic E-state index is 12.4. The van der Waals surface area contributed by atoms with Gasteiger partial charge in [0.15, 0.2) is 11.5 Å². The molecular formula is C19H20N4O6. The molecule has 0 aliphatic heterocycles. The second kappa shape index (κ2) is 8.46. The summed E-state index contributed by atoms with van der Waals surface area (Å²) < 4.78 is 17.3. The lowest BCUT2D eigenvalue weighted by Crippen LogP contribution is -2.27. The van der Waals surface area contributed by atoms with E-state index in [1.807, 2.05) is 0 Å². The number of carbonyl (C=O) groups excluding carboxylic acids is 1. The molecule has 0 aliphatic carbocycles. The van der Waals surface area contributed by atoms with Crippen LogP contribution < -0.4 is 19.5 Å². The molecule has 0 saturated heterocycles. The van der Waals surface area contributed by atoms with Crippen LogP contribution in [0.15, 0.2) is 36.7 Å². The molecular weight excluding hydrogens is 380 g/mol. The van der Waals surface area contributed by atoms with Gasteiger partial charge in [-0.1, -0.05) is 6.07 Å². The first kappa shape index (κ1) is 19.9. The summed E-state index contributed by atoms with van der Waals surface area (Å²) in [6, 6.07) is 8.07. The van der Waals surface area contributed by atoms with E-state index in [0.29, 0.717) is 28.3 Å².